The fraction of sp³-hybridized carbons (Fsp3) is 0.308. The minimum absolute atomic E-state index is 0.0860. The van der Waals surface area contributed by atoms with Gasteiger partial charge in [0.25, 0.3) is 5.91 Å². The molecule has 0 aliphatic carbocycles. The van der Waals surface area contributed by atoms with Gasteiger partial charge in [-0.1, -0.05) is 11.3 Å². The Morgan fingerprint density at radius 1 is 1.38 bits per heavy atom. The van der Waals surface area contributed by atoms with Crippen molar-refractivity contribution < 1.29 is 13.6 Å². The van der Waals surface area contributed by atoms with Gasteiger partial charge in [0.05, 0.1) is 11.7 Å². The van der Waals surface area contributed by atoms with Gasteiger partial charge in [-0.15, -0.1) is 10.2 Å². The van der Waals surface area contributed by atoms with Crippen LogP contribution in [-0.4, -0.2) is 22.6 Å². The molecule has 5 nitrogen and oxygen atoms in total. The fourth-order valence-corrected chi connectivity index (χ4v) is 2.98. The van der Waals surface area contributed by atoms with Crippen molar-refractivity contribution in [3.8, 4) is 0 Å². The summed E-state index contributed by atoms with van der Waals surface area (Å²) < 4.78 is 26.3. The van der Waals surface area contributed by atoms with Crippen LogP contribution in [0.1, 0.15) is 33.7 Å². The summed E-state index contributed by atoms with van der Waals surface area (Å²) >= 11 is 1.17. The molecule has 1 aliphatic rings. The van der Waals surface area contributed by atoms with E-state index >= 15 is 0 Å². The lowest BCUT2D eigenvalue weighted by Gasteiger charge is -2.04. The summed E-state index contributed by atoms with van der Waals surface area (Å²) in [7, 11) is 0. The van der Waals surface area contributed by atoms with E-state index < -0.39 is 17.5 Å². The SMILES string of the molecule is O=C(Nc1ccc(F)cc1F)c1nnc(C2CCCN2)s1. The average molecular weight is 310 g/mol. The lowest BCUT2D eigenvalue weighted by molar-refractivity contribution is 0.102. The standard InChI is InChI=1S/C13H12F2N4OS/c14-7-3-4-9(8(15)6-7)17-11(20)13-19-18-12(21-13)10-2-1-5-16-10/h3-4,6,10,16H,1-2,5H2,(H,17,20). The molecule has 1 fully saturated rings. The lowest BCUT2D eigenvalue weighted by atomic mass is 10.2. The summed E-state index contributed by atoms with van der Waals surface area (Å²) in [6.45, 7) is 0.923. The van der Waals surface area contributed by atoms with Crippen LogP contribution >= 0.6 is 11.3 Å². The lowest BCUT2D eigenvalue weighted by Crippen LogP contribution is -2.13. The monoisotopic (exact) mass is 310 g/mol. The molecule has 1 unspecified atom stereocenters. The predicted octanol–water partition coefficient (Wildman–Crippen LogP) is 2.49. The summed E-state index contributed by atoms with van der Waals surface area (Å²) in [6.07, 6.45) is 2.02. The number of amides is 1. The van der Waals surface area contributed by atoms with E-state index in [2.05, 4.69) is 20.8 Å². The third-order valence-corrected chi connectivity index (χ3v) is 4.21. The molecule has 1 amide bonds. The molecule has 0 saturated carbocycles. The molecule has 1 atom stereocenters. The Labute approximate surface area is 123 Å². The number of halogens is 2. The van der Waals surface area contributed by atoms with Crippen LogP contribution in [0.5, 0.6) is 0 Å². The predicted molar refractivity (Wildman–Crippen MR) is 74.2 cm³/mol. The van der Waals surface area contributed by atoms with Crippen LogP contribution in [0.4, 0.5) is 14.5 Å². The van der Waals surface area contributed by atoms with Crippen LogP contribution in [0.15, 0.2) is 18.2 Å². The molecule has 0 bridgehead atoms. The number of hydrogen-bond acceptors (Lipinski definition) is 5. The zero-order valence-corrected chi connectivity index (χ0v) is 11.7. The minimum Gasteiger partial charge on any atom is -0.317 e. The van der Waals surface area contributed by atoms with E-state index in [0.29, 0.717) is 6.07 Å². The minimum atomic E-state index is -0.828. The van der Waals surface area contributed by atoms with Gasteiger partial charge in [-0.3, -0.25) is 4.79 Å². The maximum atomic E-state index is 13.5. The van der Waals surface area contributed by atoms with Gasteiger partial charge in [-0.2, -0.15) is 0 Å². The molecule has 21 heavy (non-hydrogen) atoms. The number of rotatable bonds is 3. The van der Waals surface area contributed by atoms with Crippen molar-refractivity contribution in [2.75, 3.05) is 11.9 Å². The first-order valence-electron chi connectivity index (χ1n) is 6.46. The molecule has 8 heteroatoms. The van der Waals surface area contributed by atoms with Crippen LogP contribution in [0.2, 0.25) is 0 Å². The number of anilines is 1. The molecule has 0 radical (unpaired) electrons. The third kappa shape index (κ3) is 3.06. The van der Waals surface area contributed by atoms with Gasteiger partial charge in [-0.05, 0) is 31.5 Å². The highest BCUT2D eigenvalue weighted by Crippen LogP contribution is 2.26. The van der Waals surface area contributed by atoms with E-state index in [9.17, 15) is 13.6 Å². The number of nitrogens with zero attached hydrogens (tertiary/aromatic N) is 2. The topological polar surface area (TPSA) is 66.9 Å². The highest BCUT2D eigenvalue weighted by Gasteiger charge is 2.22. The summed E-state index contributed by atoms with van der Waals surface area (Å²) in [5, 5.41) is 14.3. The van der Waals surface area contributed by atoms with Crippen molar-refractivity contribution in [3.63, 3.8) is 0 Å². The Morgan fingerprint density at radius 2 is 2.24 bits per heavy atom. The Kier molecular flexibility index (Phi) is 3.89. The van der Waals surface area contributed by atoms with Crippen LogP contribution in [0.25, 0.3) is 0 Å². The third-order valence-electron chi connectivity index (χ3n) is 3.17. The number of hydrogen-bond donors (Lipinski definition) is 2. The first kappa shape index (κ1) is 14.0. The van der Waals surface area contributed by atoms with Gasteiger partial charge < -0.3 is 10.6 Å². The van der Waals surface area contributed by atoms with Crippen molar-refractivity contribution in [3.05, 3.63) is 39.8 Å². The zero-order chi connectivity index (χ0) is 14.8. The maximum Gasteiger partial charge on any atom is 0.286 e. The number of carbonyl (C=O) groups is 1. The molecule has 110 valence electrons. The summed E-state index contributed by atoms with van der Waals surface area (Å²) in [4.78, 5) is 12.0. The van der Waals surface area contributed by atoms with E-state index in [-0.39, 0.29) is 16.7 Å². The molecule has 2 N–H and O–H groups in total. The molecule has 3 rings (SSSR count). The number of carbonyl (C=O) groups excluding carboxylic acids is 1. The second-order valence-corrected chi connectivity index (χ2v) is 5.68. The molecule has 1 aromatic heterocycles. The van der Waals surface area contributed by atoms with Gasteiger partial charge in [0, 0.05) is 6.07 Å². The van der Waals surface area contributed by atoms with Crippen LogP contribution in [0.3, 0.4) is 0 Å². The Hall–Kier alpha value is -1.93. The van der Waals surface area contributed by atoms with Crippen molar-refractivity contribution in [2.45, 2.75) is 18.9 Å². The molecule has 0 spiro atoms. The van der Waals surface area contributed by atoms with E-state index in [1.807, 2.05) is 0 Å². The van der Waals surface area contributed by atoms with Crippen molar-refractivity contribution in [1.82, 2.24) is 15.5 Å². The van der Waals surface area contributed by atoms with Gasteiger partial charge in [-0.25, -0.2) is 8.78 Å². The fourth-order valence-electron chi connectivity index (χ4n) is 2.13. The van der Waals surface area contributed by atoms with Gasteiger partial charge in [0.1, 0.15) is 16.6 Å². The summed E-state index contributed by atoms with van der Waals surface area (Å²) in [6, 6.07) is 3.09. The Bertz CT molecular complexity index is 670. The highest BCUT2D eigenvalue weighted by atomic mass is 32.1. The number of nitrogens with one attached hydrogen (secondary N) is 2. The van der Waals surface area contributed by atoms with Gasteiger partial charge >= 0.3 is 0 Å². The van der Waals surface area contributed by atoms with Crippen LogP contribution < -0.4 is 10.6 Å². The Morgan fingerprint density at radius 3 is 2.95 bits per heavy atom. The molecule has 1 aromatic carbocycles. The van der Waals surface area contributed by atoms with Crippen molar-refractivity contribution in [2.24, 2.45) is 0 Å². The molecule has 2 heterocycles. The van der Waals surface area contributed by atoms with E-state index in [1.165, 1.54) is 17.4 Å². The smallest absolute Gasteiger partial charge is 0.286 e. The zero-order valence-electron chi connectivity index (χ0n) is 10.9. The van der Waals surface area contributed by atoms with Gasteiger partial charge in [0.15, 0.2) is 0 Å². The molecular weight excluding hydrogens is 298 g/mol. The molecule has 1 saturated heterocycles. The summed E-state index contributed by atoms with van der Waals surface area (Å²) in [5.74, 6) is -2.08. The largest absolute Gasteiger partial charge is 0.317 e. The normalized spacial score (nSPS) is 17.9. The van der Waals surface area contributed by atoms with Crippen molar-refractivity contribution in [1.29, 1.82) is 0 Å². The number of aromatic nitrogens is 2. The first-order valence-corrected chi connectivity index (χ1v) is 7.28. The second-order valence-electron chi connectivity index (χ2n) is 4.67. The molecule has 1 aliphatic heterocycles. The Balaban J connectivity index is 1.73. The number of benzene rings is 1. The first-order chi connectivity index (χ1) is 10.1. The summed E-state index contributed by atoms with van der Waals surface area (Å²) in [5.41, 5.74) is -0.0860. The van der Waals surface area contributed by atoms with E-state index in [1.54, 1.807) is 0 Å². The average Bonchev–Trinajstić information content (AvgIpc) is 3.10. The van der Waals surface area contributed by atoms with Crippen LogP contribution in [-0.2, 0) is 0 Å². The highest BCUT2D eigenvalue weighted by molar-refractivity contribution is 7.13. The van der Waals surface area contributed by atoms with Crippen molar-refractivity contribution >= 4 is 22.9 Å². The second kappa shape index (κ2) is 5.82. The molecule has 2 aromatic rings. The maximum absolute atomic E-state index is 13.5. The quantitative estimate of drug-likeness (QED) is 0.914. The van der Waals surface area contributed by atoms with Gasteiger partial charge in [0.2, 0.25) is 5.01 Å². The molecular formula is C13H12F2N4OS. The van der Waals surface area contributed by atoms with Crippen LogP contribution in [0, 0.1) is 11.6 Å². The van der Waals surface area contributed by atoms with E-state index in [4.69, 9.17) is 0 Å². The van der Waals surface area contributed by atoms with E-state index in [0.717, 1.165) is 30.5 Å².